The molecule has 1 atom stereocenters. The largest absolute Gasteiger partial charge is 0.508 e. The van der Waals surface area contributed by atoms with Crippen molar-refractivity contribution < 1.29 is 29.0 Å². The number of aromatic hydroxyl groups is 1. The SMILES string of the molecule is COC(=O)[C@H](Cc1c[nH]c2ccccc12)NC(=O)COC(=O)c1cccc(O)c1. The van der Waals surface area contributed by atoms with Gasteiger partial charge in [-0.25, -0.2) is 9.59 Å². The Balaban J connectivity index is 1.63. The second-order valence-electron chi connectivity index (χ2n) is 6.33. The van der Waals surface area contributed by atoms with Crippen molar-refractivity contribution in [3.8, 4) is 5.75 Å². The average molecular weight is 396 g/mol. The molecule has 1 heterocycles. The quantitative estimate of drug-likeness (QED) is 0.525. The molecule has 8 heteroatoms. The number of aromatic amines is 1. The first-order valence-electron chi connectivity index (χ1n) is 8.86. The number of amides is 1. The van der Waals surface area contributed by atoms with Gasteiger partial charge in [0.2, 0.25) is 0 Å². The summed E-state index contributed by atoms with van der Waals surface area (Å²) in [6.45, 7) is -0.574. The Hall–Kier alpha value is -3.81. The van der Waals surface area contributed by atoms with Crippen LogP contribution in [0.1, 0.15) is 15.9 Å². The van der Waals surface area contributed by atoms with Crippen LogP contribution in [0.2, 0.25) is 0 Å². The van der Waals surface area contributed by atoms with Crippen LogP contribution in [-0.4, -0.2) is 47.7 Å². The maximum atomic E-state index is 12.2. The van der Waals surface area contributed by atoms with E-state index >= 15 is 0 Å². The molecule has 3 rings (SSSR count). The number of hydrogen-bond donors (Lipinski definition) is 3. The third-order valence-electron chi connectivity index (χ3n) is 4.34. The number of para-hydroxylation sites is 1. The summed E-state index contributed by atoms with van der Waals surface area (Å²) >= 11 is 0. The molecule has 0 aliphatic heterocycles. The van der Waals surface area contributed by atoms with E-state index in [1.807, 2.05) is 24.3 Å². The Morgan fingerprint density at radius 3 is 2.69 bits per heavy atom. The molecule has 2 aromatic carbocycles. The van der Waals surface area contributed by atoms with Crippen molar-refractivity contribution in [1.82, 2.24) is 10.3 Å². The number of benzene rings is 2. The normalized spacial score (nSPS) is 11.6. The van der Waals surface area contributed by atoms with Crippen molar-refractivity contribution in [2.24, 2.45) is 0 Å². The van der Waals surface area contributed by atoms with Crippen LogP contribution < -0.4 is 5.32 Å². The number of carbonyl (C=O) groups is 3. The van der Waals surface area contributed by atoms with E-state index in [4.69, 9.17) is 9.47 Å². The van der Waals surface area contributed by atoms with E-state index in [2.05, 4.69) is 10.3 Å². The van der Waals surface area contributed by atoms with E-state index in [1.165, 1.54) is 31.4 Å². The first-order chi connectivity index (χ1) is 14.0. The zero-order valence-electron chi connectivity index (χ0n) is 15.7. The molecular weight excluding hydrogens is 376 g/mol. The first kappa shape index (κ1) is 19.9. The summed E-state index contributed by atoms with van der Waals surface area (Å²) in [5.74, 6) is -2.10. The molecule has 150 valence electrons. The molecule has 0 saturated heterocycles. The molecule has 3 aromatic rings. The Labute approximate surface area is 166 Å². The predicted octanol–water partition coefficient (Wildman–Crippen LogP) is 1.93. The van der Waals surface area contributed by atoms with Gasteiger partial charge in [0.15, 0.2) is 6.61 Å². The van der Waals surface area contributed by atoms with Crippen LogP contribution in [0.15, 0.2) is 54.7 Å². The van der Waals surface area contributed by atoms with Crippen LogP contribution in [0, 0.1) is 0 Å². The van der Waals surface area contributed by atoms with Crippen LogP contribution in [0.3, 0.4) is 0 Å². The van der Waals surface area contributed by atoms with E-state index in [1.54, 1.807) is 6.20 Å². The molecule has 0 aliphatic carbocycles. The van der Waals surface area contributed by atoms with Crippen molar-refractivity contribution >= 4 is 28.7 Å². The van der Waals surface area contributed by atoms with Crippen LogP contribution >= 0.6 is 0 Å². The van der Waals surface area contributed by atoms with Gasteiger partial charge in [-0.2, -0.15) is 0 Å². The Kier molecular flexibility index (Phi) is 6.13. The standard InChI is InChI=1S/C21H20N2O6/c1-28-21(27)18(10-14-11-22-17-8-3-2-7-16(14)17)23-19(25)12-29-20(26)13-5-4-6-15(24)9-13/h2-9,11,18,22,24H,10,12H2,1H3,(H,23,25)/t18-/m0/s1. The highest BCUT2D eigenvalue weighted by Crippen LogP contribution is 2.19. The number of aromatic nitrogens is 1. The minimum absolute atomic E-state index is 0.0895. The van der Waals surface area contributed by atoms with Crippen molar-refractivity contribution in [1.29, 1.82) is 0 Å². The molecule has 0 spiro atoms. The molecule has 8 nitrogen and oxygen atoms in total. The summed E-state index contributed by atoms with van der Waals surface area (Å²) in [7, 11) is 1.23. The number of nitrogens with one attached hydrogen (secondary N) is 2. The van der Waals surface area contributed by atoms with Gasteiger partial charge in [-0.05, 0) is 29.8 Å². The highest BCUT2D eigenvalue weighted by Gasteiger charge is 2.24. The molecule has 0 unspecified atom stereocenters. The fourth-order valence-electron chi connectivity index (χ4n) is 2.94. The van der Waals surface area contributed by atoms with Crippen LogP contribution in [0.25, 0.3) is 10.9 Å². The maximum absolute atomic E-state index is 12.2. The molecule has 0 fully saturated rings. The molecule has 1 aromatic heterocycles. The van der Waals surface area contributed by atoms with Crippen LogP contribution in [-0.2, 0) is 25.5 Å². The number of H-pyrrole nitrogens is 1. The van der Waals surface area contributed by atoms with Crippen molar-refractivity contribution in [3.63, 3.8) is 0 Å². The number of carbonyl (C=O) groups excluding carboxylic acids is 3. The second kappa shape index (κ2) is 8.92. The highest BCUT2D eigenvalue weighted by atomic mass is 16.5. The average Bonchev–Trinajstić information content (AvgIpc) is 3.14. The first-order valence-corrected chi connectivity index (χ1v) is 8.86. The van der Waals surface area contributed by atoms with Crippen molar-refractivity contribution in [2.45, 2.75) is 12.5 Å². The van der Waals surface area contributed by atoms with Gasteiger partial charge < -0.3 is 24.9 Å². The van der Waals surface area contributed by atoms with Crippen LogP contribution in [0.5, 0.6) is 5.75 Å². The van der Waals surface area contributed by atoms with E-state index in [0.29, 0.717) is 0 Å². The van der Waals surface area contributed by atoms with E-state index < -0.39 is 30.5 Å². The van der Waals surface area contributed by atoms with E-state index in [-0.39, 0.29) is 17.7 Å². The molecule has 0 saturated carbocycles. The van der Waals surface area contributed by atoms with Gasteiger partial charge in [0.05, 0.1) is 12.7 Å². The number of esters is 2. The van der Waals surface area contributed by atoms with Gasteiger partial charge in [0, 0.05) is 23.5 Å². The molecule has 0 bridgehead atoms. The number of phenols is 1. The number of fused-ring (bicyclic) bond motifs is 1. The lowest BCUT2D eigenvalue weighted by molar-refractivity contribution is -0.145. The van der Waals surface area contributed by atoms with Gasteiger partial charge >= 0.3 is 11.9 Å². The molecular formula is C21H20N2O6. The molecule has 29 heavy (non-hydrogen) atoms. The molecule has 0 aliphatic rings. The van der Waals surface area contributed by atoms with Crippen LogP contribution in [0.4, 0.5) is 0 Å². The van der Waals surface area contributed by atoms with Gasteiger partial charge in [-0.15, -0.1) is 0 Å². The zero-order chi connectivity index (χ0) is 20.8. The Bertz CT molecular complexity index is 1040. The van der Waals surface area contributed by atoms with Crippen molar-refractivity contribution in [3.05, 3.63) is 65.9 Å². The van der Waals surface area contributed by atoms with E-state index in [9.17, 15) is 19.5 Å². The summed E-state index contributed by atoms with van der Waals surface area (Å²) in [6.07, 6.45) is 1.98. The smallest absolute Gasteiger partial charge is 0.338 e. The van der Waals surface area contributed by atoms with Gasteiger partial charge in [0.1, 0.15) is 11.8 Å². The lowest BCUT2D eigenvalue weighted by Gasteiger charge is -2.16. The van der Waals surface area contributed by atoms with Gasteiger partial charge in [-0.3, -0.25) is 4.79 Å². The summed E-state index contributed by atoms with van der Waals surface area (Å²) < 4.78 is 9.73. The highest BCUT2D eigenvalue weighted by molar-refractivity contribution is 5.92. The minimum atomic E-state index is -0.939. The zero-order valence-corrected chi connectivity index (χ0v) is 15.7. The van der Waals surface area contributed by atoms with E-state index in [0.717, 1.165) is 16.5 Å². The third kappa shape index (κ3) is 4.92. The number of hydrogen-bond acceptors (Lipinski definition) is 6. The topological polar surface area (TPSA) is 118 Å². The molecule has 1 amide bonds. The third-order valence-corrected chi connectivity index (χ3v) is 4.34. The molecule has 0 radical (unpaired) electrons. The molecule has 3 N–H and O–H groups in total. The predicted molar refractivity (Wildman–Crippen MR) is 104 cm³/mol. The van der Waals surface area contributed by atoms with Gasteiger partial charge in [-0.1, -0.05) is 24.3 Å². The Morgan fingerprint density at radius 1 is 1.14 bits per heavy atom. The fraction of sp³-hybridized carbons (Fsp3) is 0.190. The second-order valence-corrected chi connectivity index (χ2v) is 6.33. The summed E-state index contributed by atoms with van der Waals surface area (Å²) in [6, 6.07) is 12.2. The van der Waals surface area contributed by atoms with Gasteiger partial charge in [0.25, 0.3) is 5.91 Å². The Morgan fingerprint density at radius 2 is 1.93 bits per heavy atom. The summed E-state index contributed by atoms with van der Waals surface area (Å²) in [5, 5.41) is 12.9. The monoisotopic (exact) mass is 396 g/mol. The fourth-order valence-corrected chi connectivity index (χ4v) is 2.94. The minimum Gasteiger partial charge on any atom is -0.508 e. The summed E-state index contributed by atoms with van der Waals surface area (Å²) in [4.78, 5) is 39.4. The summed E-state index contributed by atoms with van der Waals surface area (Å²) in [5.41, 5.74) is 1.87. The number of phenolic OH excluding ortho intramolecular Hbond substituents is 1. The number of ether oxygens (including phenoxy) is 2. The lowest BCUT2D eigenvalue weighted by Crippen LogP contribution is -2.44. The maximum Gasteiger partial charge on any atom is 0.338 e. The lowest BCUT2D eigenvalue weighted by atomic mass is 10.0. The number of rotatable bonds is 7. The number of methoxy groups -OCH3 is 1. The van der Waals surface area contributed by atoms with Crippen molar-refractivity contribution in [2.75, 3.05) is 13.7 Å².